The SMILES string of the molecule is CC1(C2=CC=C(C(=O)O)CC2)CC1. The highest BCUT2D eigenvalue weighted by atomic mass is 16.4. The fourth-order valence-electron chi connectivity index (χ4n) is 1.83. The quantitative estimate of drug-likeness (QED) is 0.705. The van der Waals surface area contributed by atoms with E-state index in [0.717, 1.165) is 6.42 Å². The van der Waals surface area contributed by atoms with Crippen molar-refractivity contribution in [2.75, 3.05) is 0 Å². The van der Waals surface area contributed by atoms with Crippen LogP contribution in [0.1, 0.15) is 32.6 Å². The molecule has 0 amide bonds. The molecule has 0 saturated heterocycles. The Labute approximate surface area is 78.0 Å². The minimum Gasteiger partial charge on any atom is -0.478 e. The molecule has 1 N–H and O–H groups in total. The average Bonchev–Trinajstić information content (AvgIpc) is 2.85. The van der Waals surface area contributed by atoms with E-state index < -0.39 is 5.97 Å². The predicted molar refractivity (Wildman–Crippen MR) is 50.4 cm³/mol. The lowest BCUT2D eigenvalue weighted by molar-refractivity contribution is -0.132. The third kappa shape index (κ3) is 1.53. The lowest BCUT2D eigenvalue weighted by atomic mass is 9.88. The largest absolute Gasteiger partial charge is 0.478 e. The van der Waals surface area contributed by atoms with Gasteiger partial charge in [-0.15, -0.1) is 0 Å². The zero-order chi connectivity index (χ0) is 9.47. The van der Waals surface area contributed by atoms with E-state index in [2.05, 4.69) is 6.92 Å². The summed E-state index contributed by atoms with van der Waals surface area (Å²) in [7, 11) is 0. The van der Waals surface area contributed by atoms with Gasteiger partial charge in [0, 0.05) is 5.57 Å². The smallest absolute Gasteiger partial charge is 0.331 e. The third-order valence-corrected chi connectivity index (χ3v) is 3.20. The number of rotatable bonds is 2. The maximum atomic E-state index is 10.6. The van der Waals surface area contributed by atoms with Gasteiger partial charge in [0.2, 0.25) is 0 Å². The molecule has 2 heteroatoms. The molecule has 0 unspecified atom stereocenters. The van der Waals surface area contributed by atoms with Gasteiger partial charge in [0.15, 0.2) is 0 Å². The van der Waals surface area contributed by atoms with Crippen molar-refractivity contribution in [3.63, 3.8) is 0 Å². The zero-order valence-electron chi connectivity index (χ0n) is 7.84. The highest BCUT2D eigenvalue weighted by Crippen LogP contribution is 2.53. The lowest BCUT2D eigenvalue weighted by Crippen LogP contribution is -2.08. The summed E-state index contributed by atoms with van der Waals surface area (Å²) in [6, 6.07) is 0. The van der Waals surface area contributed by atoms with Crippen molar-refractivity contribution in [2.24, 2.45) is 5.41 Å². The van der Waals surface area contributed by atoms with E-state index in [1.54, 1.807) is 6.08 Å². The molecule has 0 radical (unpaired) electrons. The van der Waals surface area contributed by atoms with Crippen molar-refractivity contribution in [1.29, 1.82) is 0 Å². The number of carbonyl (C=O) groups is 1. The van der Waals surface area contributed by atoms with Crippen LogP contribution in [0.25, 0.3) is 0 Å². The van der Waals surface area contributed by atoms with E-state index in [4.69, 9.17) is 5.11 Å². The number of carboxylic acids is 1. The Bertz CT molecular complexity index is 306. The number of aliphatic carboxylic acids is 1. The Hall–Kier alpha value is -1.05. The first-order chi connectivity index (χ1) is 6.12. The van der Waals surface area contributed by atoms with Crippen molar-refractivity contribution in [1.82, 2.24) is 0 Å². The molecule has 2 aliphatic carbocycles. The monoisotopic (exact) mass is 178 g/mol. The normalized spacial score (nSPS) is 24.7. The van der Waals surface area contributed by atoms with Gasteiger partial charge >= 0.3 is 5.97 Å². The molecule has 0 atom stereocenters. The Balaban J connectivity index is 2.15. The maximum absolute atomic E-state index is 10.6. The third-order valence-electron chi connectivity index (χ3n) is 3.20. The lowest BCUT2D eigenvalue weighted by Gasteiger charge is -2.17. The first-order valence-corrected chi connectivity index (χ1v) is 4.75. The highest BCUT2D eigenvalue weighted by Gasteiger charge is 2.40. The molecule has 1 fully saturated rings. The fourth-order valence-corrected chi connectivity index (χ4v) is 1.83. The topological polar surface area (TPSA) is 37.3 Å². The van der Waals surface area contributed by atoms with Gasteiger partial charge in [-0.1, -0.05) is 24.6 Å². The number of hydrogen-bond donors (Lipinski definition) is 1. The zero-order valence-corrected chi connectivity index (χ0v) is 7.84. The van der Waals surface area contributed by atoms with Gasteiger partial charge in [-0.2, -0.15) is 0 Å². The second-order valence-electron chi connectivity index (χ2n) is 4.25. The van der Waals surface area contributed by atoms with E-state index in [1.807, 2.05) is 6.08 Å². The van der Waals surface area contributed by atoms with E-state index in [9.17, 15) is 4.79 Å². The number of hydrogen-bond acceptors (Lipinski definition) is 1. The Morgan fingerprint density at radius 2 is 2.08 bits per heavy atom. The molecule has 2 rings (SSSR count). The molecular formula is C11H14O2. The van der Waals surface area contributed by atoms with Crippen LogP contribution >= 0.6 is 0 Å². The van der Waals surface area contributed by atoms with Crippen molar-refractivity contribution in [2.45, 2.75) is 32.6 Å². The highest BCUT2D eigenvalue weighted by molar-refractivity contribution is 5.87. The van der Waals surface area contributed by atoms with E-state index in [1.165, 1.54) is 18.4 Å². The van der Waals surface area contributed by atoms with Crippen LogP contribution in [-0.2, 0) is 4.79 Å². The molecule has 0 aromatic heterocycles. The van der Waals surface area contributed by atoms with Crippen molar-refractivity contribution < 1.29 is 9.90 Å². The van der Waals surface area contributed by atoms with Crippen LogP contribution < -0.4 is 0 Å². The van der Waals surface area contributed by atoms with Gasteiger partial charge in [0.1, 0.15) is 0 Å². The number of carboxylic acid groups (broad SMARTS) is 1. The molecular weight excluding hydrogens is 164 g/mol. The first kappa shape index (κ1) is 8.54. The summed E-state index contributed by atoms with van der Waals surface area (Å²) in [6.07, 6.45) is 7.97. The van der Waals surface area contributed by atoms with Gasteiger partial charge in [-0.3, -0.25) is 0 Å². The van der Waals surface area contributed by atoms with Gasteiger partial charge in [0.05, 0.1) is 0 Å². The molecule has 0 aromatic rings. The minimum atomic E-state index is -0.767. The molecule has 0 heterocycles. The molecule has 0 aliphatic heterocycles. The molecule has 0 spiro atoms. The summed E-state index contributed by atoms with van der Waals surface area (Å²) in [5.41, 5.74) is 2.41. The number of allylic oxidation sites excluding steroid dienone is 3. The predicted octanol–water partition coefficient (Wildman–Crippen LogP) is 2.52. The van der Waals surface area contributed by atoms with Crippen LogP contribution in [0.15, 0.2) is 23.3 Å². The molecule has 13 heavy (non-hydrogen) atoms. The van der Waals surface area contributed by atoms with Crippen LogP contribution in [-0.4, -0.2) is 11.1 Å². The van der Waals surface area contributed by atoms with Crippen LogP contribution in [0, 0.1) is 5.41 Å². The van der Waals surface area contributed by atoms with Gasteiger partial charge in [0.25, 0.3) is 0 Å². The second-order valence-corrected chi connectivity index (χ2v) is 4.25. The summed E-state index contributed by atoms with van der Waals surface area (Å²) in [4.78, 5) is 10.6. The molecule has 0 aromatic carbocycles. The maximum Gasteiger partial charge on any atom is 0.331 e. The average molecular weight is 178 g/mol. The molecule has 70 valence electrons. The van der Waals surface area contributed by atoms with Crippen molar-refractivity contribution in [3.05, 3.63) is 23.3 Å². The summed E-state index contributed by atoms with van der Waals surface area (Å²) < 4.78 is 0. The van der Waals surface area contributed by atoms with Crippen LogP contribution in [0.5, 0.6) is 0 Å². The van der Waals surface area contributed by atoms with E-state index in [0.29, 0.717) is 17.4 Å². The van der Waals surface area contributed by atoms with Crippen LogP contribution in [0.4, 0.5) is 0 Å². The summed E-state index contributed by atoms with van der Waals surface area (Å²) in [6.45, 7) is 2.26. The van der Waals surface area contributed by atoms with E-state index >= 15 is 0 Å². The fraction of sp³-hybridized carbons (Fsp3) is 0.545. The van der Waals surface area contributed by atoms with Gasteiger partial charge < -0.3 is 5.11 Å². The van der Waals surface area contributed by atoms with Crippen LogP contribution in [0.2, 0.25) is 0 Å². The van der Waals surface area contributed by atoms with E-state index in [-0.39, 0.29) is 0 Å². The molecule has 1 saturated carbocycles. The Morgan fingerprint density at radius 3 is 2.46 bits per heavy atom. The summed E-state index contributed by atoms with van der Waals surface area (Å²) in [5.74, 6) is -0.767. The Kier molecular flexibility index (Phi) is 1.79. The second kappa shape index (κ2) is 2.72. The molecule has 2 aliphatic rings. The Morgan fingerprint density at radius 1 is 1.38 bits per heavy atom. The molecule has 0 bridgehead atoms. The first-order valence-electron chi connectivity index (χ1n) is 4.75. The molecule has 2 nitrogen and oxygen atoms in total. The minimum absolute atomic E-state index is 0.417. The van der Waals surface area contributed by atoms with Gasteiger partial charge in [-0.05, 0) is 31.1 Å². The van der Waals surface area contributed by atoms with Gasteiger partial charge in [-0.25, -0.2) is 4.79 Å². The van der Waals surface area contributed by atoms with Crippen molar-refractivity contribution in [3.8, 4) is 0 Å². The standard InChI is InChI=1S/C11H14O2/c1-11(6-7-11)9-4-2-8(3-5-9)10(12)13/h2,4H,3,5-7H2,1H3,(H,12,13). The summed E-state index contributed by atoms with van der Waals surface area (Å²) in [5, 5.41) is 8.75. The van der Waals surface area contributed by atoms with Crippen molar-refractivity contribution >= 4 is 5.97 Å². The summed E-state index contributed by atoms with van der Waals surface area (Å²) >= 11 is 0. The van der Waals surface area contributed by atoms with Crippen LogP contribution in [0.3, 0.4) is 0 Å².